The maximum absolute atomic E-state index is 12.9. The minimum atomic E-state index is -0.274. The Hall–Kier alpha value is -2.21. The van der Waals surface area contributed by atoms with Crippen molar-refractivity contribution in [2.75, 3.05) is 11.1 Å². The van der Waals surface area contributed by atoms with E-state index in [1.54, 1.807) is 23.5 Å². The van der Waals surface area contributed by atoms with Crippen LogP contribution in [-0.4, -0.2) is 9.97 Å². The van der Waals surface area contributed by atoms with Gasteiger partial charge in [0.1, 0.15) is 16.5 Å². The molecule has 2 aromatic heterocycles. The van der Waals surface area contributed by atoms with E-state index >= 15 is 0 Å². The highest BCUT2D eigenvalue weighted by Gasteiger charge is 2.09. The molecular formula is C13H11FN4S. The van der Waals surface area contributed by atoms with Gasteiger partial charge in [-0.05, 0) is 37.3 Å². The molecule has 0 fully saturated rings. The molecule has 3 rings (SSSR count). The first kappa shape index (κ1) is 11.9. The van der Waals surface area contributed by atoms with Gasteiger partial charge in [0.05, 0.1) is 5.39 Å². The molecule has 0 spiro atoms. The first-order valence-corrected chi connectivity index (χ1v) is 6.50. The summed E-state index contributed by atoms with van der Waals surface area (Å²) in [5.41, 5.74) is 6.45. The Morgan fingerprint density at radius 3 is 2.68 bits per heavy atom. The molecule has 6 heteroatoms. The van der Waals surface area contributed by atoms with Gasteiger partial charge in [-0.15, -0.1) is 11.3 Å². The number of aryl methyl sites for hydroxylation is 1. The zero-order valence-corrected chi connectivity index (χ0v) is 11.0. The maximum Gasteiger partial charge on any atom is 0.223 e. The predicted molar refractivity (Wildman–Crippen MR) is 76.2 cm³/mol. The molecule has 0 aliphatic rings. The van der Waals surface area contributed by atoms with Crippen molar-refractivity contribution in [3.63, 3.8) is 0 Å². The number of nitrogens with one attached hydrogen (secondary N) is 1. The summed E-state index contributed by atoms with van der Waals surface area (Å²) in [4.78, 5) is 10.4. The van der Waals surface area contributed by atoms with Crippen molar-refractivity contribution in [2.45, 2.75) is 6.92 Å². The van der Waals surface area contributed by atoms with Crippen LogP contribution in [0.25, 0.3) is 10.2 Å². The highest BCUT2D eigenvalue weighted by Crippen LogP contribution is 2.30. The molecule has 0 bridgehead atoms. The molecule has 3 aromatic rings. The molecule has 0 aliphatic carbocycles. The Kier molecular flexibility index (Phi) is 2.79. The molecule has 0 amide bonds. The second-order valence-electron chi connectivity index (χ2n) is 4.14. The van der Waals surface area contributed by atoms with E-state index in [4.69, 9.17) is 5.73 Å². The lowest BCUT2D eigenvalue weighted by Crippen LogP contribution is -2.00. The van der Waals surface area contributed by atoms with Crippen LogP contribution in [0.5, 0.6) is 0 Å². The average Bonchev–Trinajstić information content (AvgIpc) is 2.72. The molecule has 0 atom stereocenters. The zero-order chi connectivity index (χ0) is 13.4. The number of nitrogens with zero attached hydrogens (tertiary/aromatic N) is 2. The van der Waals surface area contributed by atoms with E-state index in [1.165, 1.54) is 12.1 Å². The van der Waals surface area contributed by atoms with Gasteiger partial charge in [-0.1, -0.05) is 0 Å². The van der Waals surface area contributed by atoms with Gasteiger partial charge in [-0.2, -0.15) is 4.98 Å². The second kappa shape index (κ2) is 4.47. The van der Waals surface area contributed by atoms with Gasteiger partial charge in [0.25, 0.3) is 0 Å². The average molecular weight is 274 g/mol. The smallest absolute Gasteiger partial charge is 0.223 e. The van der Waals surface area contributed by atoms with E-state index in [9.17, 15) is 4.39 Å². The summed E-state index contributed by atoms with van der Waals surface area (Å²) >= 11 is 1.56. The third-order valence-corrected chi connectivity index (χ3v) is 3.58. The van der Waals surface area contributed by atoms with Crippen LogP contribution in [0.1, 0.15) is 4.88 Å². The summed E-state index contributed by atoms with van der Waals surface area (Å²) < 4.78 is 12.9. The van der Waals surface area contributed by atoms with Crippen LogP contribution in [0.15, 0.2) is 30.3 Å². The van der Waals surface area contributed by atoms with Crippen LogP contribution in [0, 0.1) is 12.7 Å². The summed E-state index contributed by atoms with van der Waals surface area (Å²) in [6.07, 6.45) is 0. The molecule has 3 N–H and O–H groups in total. The number of halogens is 1. The SMILES string of the molecule is Cc1cc2c(Nc3ccc(F)cc3)nc(N)nc2s1. The first-order valence-electron chi connectivity index (χ1n) is 5.68. The lowest BCUT2D eigenvalue weighted by molar-refractivity contribution is 0.628. The highest BCUT2D eigenvalue weighted by molar-refractivity contribution is 7.18. The summed E-state index contributed by atoms with van der Waals surface area (Å²) in [5, 5.41) is 4.05. The number of fused-ring (bicyclic) bond motifs is 1. The van der Waals surface area contributed by atoms with Crippen LogP contribution in [0.4, 0.5) is 21.8 Å². The summed E-state index contributed by atoms with van der Waals surface area (Å²) in [7, 11) is 0. The Bertz CT molecular complexity index is 736. The molecule has 19 heavy (non-hydrogen) atoms. The van der Waals surface area contributed by atoms with Crippen molar-refractivity contribution in [3.8, 4) is 0 Å². The summed E-state index contributed by atoms with van der Waals surface area (Å²) in [6.45, 7) is 2.00. The van der Waals surface area contributed by atoms with Crippen molar-refractivity contribution in [3.05, 3.63) is 41.0 Å². The standard InChI is InChI=1S/C13H11FN4S/c1-7-6-10-11(17-13(15)18-12(10)19-7)16-9-4-2-8(14)3-5-9/h2-6H,1H3,(H3,15,16,17,18). The minimum absolute atomic E-state index is 0.221. The number of hydrogen-bond donors (Lipinski definition) is 2. The van der Waals surface area contributed by atoms with Crippen LogP contribution in [0.3, 0.4) is 0 Å². The van der Waals surface area contributed by atoms with Gasteiger partial charge in [0.15, 0.2) is 0 Å². The van der Waals surface area contributed by atoms with E-state index < -0.39 is 0 Å². The lowest BCUT2D eigenvalue weighted by Gasteiger charge is -2.07. The van der Waals surface area contributed by atoms with E-state index in [-0.39, 0.29) is 11.8 Å². The molecular weight excluding hydrogens is 263 g/mol. The fourth-order valence-corrected chi connectivity index (χ4v) is 2.71. The molecule has 2 heterocycles. The lowest BCUT2D eigenvalue weighted by atomic mass is 10.3. The van der Waals surface area contributed by atoms with E-state index in [1.807, 2.05) is 13.0 Å². The van der Waals surface area contributed by atoms with Crippen LogP contribution in [-0.2, 0) is 0 Å². The Morgan fingerprint density at radius 2 is 1.95 bits per heavy atom. The summed E-state index contributed by atoms with van der Waals surface area (Å²) in [5.74, 6) is 0.585. The molecule has 0 aliphatic heterocycles. The third-order valence-electron chi connectivity index (χ3n) is 2.64. The van der Waals surface area contributed by atoms with Crippen molar-refractivity contribution >= 4 is 39.0 Å². The number of nitrogens with two attached hydrogens (primary N) is 1. The molecule has 0 unspecified atom stereocenters. The fraction of sp³-hybridized carbons (Fsp3) is 0.0769. The van der Waals surface area contributed by atoms with E-state index in [0.29, 0.717) is 5.82 Å². The number of nitrogen functional groups attached to an aromatic ring is 1. The number of rotatable bonds is 2. The topological polar surface area (TPSA) is 63.8 Å². The first-order chi connectivity index (χ1) is 9.11. The third kappa shape index (κ3) is 2.34. The number of anilines is 3. The van der Waals surface area contributed by atoms with Crippen LogP contribution >= 0.6 is 11.3 Å². The second-order valence-corrected chi connectivity index (χ2v) is 5.37. The normalized spacial score (nSPS) is 10.8. The Morgan fingerprint density at radius 1 is 1.21 bits per heavy atom. The predicted octanol–water partition coefficient (Wildman–Crippen LogP) is 3.46. The molecule has 4 nitrogen and oxygen atoms in total. The fourth-order valence-electron chi connectivity index (χ4n) is 1.82. The van der Waals surface area contributed by atoms with Crippen molar-refractivity contribution in [2.24, 2.45) is 0 Å². The number of hydrogen-bond acceptors (Lipinski definition) is 5. The van der Waals surface area contributed by atoms with Gasteiger partial charge in [-0.3, -0.25) is 0 Å². The van der Waals surface area contributed by atoms with Crippen molar-refractivity contribution in [1.29, 1.82) is 0 Å². The molecule has 0 radical (unpaired) electrons. The largest absolute Gasteiger partial charge is 0.368 e. The maximum atomic E-state index is 12.9. The Balaban J connectivity index is 2.06. The quantitative estimate of drug-likeness (QED) is 0.751. The minimum Gasteiger partial charge on any atom is -0.368 e. The molecule has 1 aromatic carbocycles. The van der Waals surface area contributed by atoms with Crippen LogP contribution < -0.4 is 11.1 Å². The number of aromatic nitrogens is 2. The zero-order valence-electron chi connectivity index (χ0n) is 10.1. The highest BCUT2D eigenvalue weighted by atomic mass is 32.1. The number of benzene rings is 1. The monoisotopic (exact) mass is 274 g/mol. The van der Waals surface area contributed by atoms with Crippen molar-refractivity contribution in [1.82, 2.24) is 9.97 Å². The molecule has 96 valence electrons. The van der Waals surface area contributed by atoms with E-state index in [2.05, 4.69) is 15.3 Å². The van der Waals surface area contributed by atoms with Gasteiger partial charge in [0, 0.05) is 10.6 Å². The van der Waals surface area contributed by atoms with Gasteiger partial charge in [-0.25, -0.2) is 9.37 Å². The van der Waals surface area contributed by atoms with Crippen molar-refractivity contribution < 1.29 is 4.39 Å². The van der Waals surface area contributed by atoms with Gasteiger partial charge < -0.3 is 11.1 Å². The summed E-state index contributed by atoms with van der Waals surface area (Å²) in [6, 6.07) is 8.09. The van der Waals surface area contributed by atoms with Crippen LogP contribution in [0.2, 0.25) is 0 Å². The Labute approximate surface area is 113 Å². The van der Waals surface area contributed by atoms with Gasteiger partial charge in [0.2, 0.25) is 5.95 Å². The molecule has 0 saturated carbocycles. The number of thiophene rings is 1. The van der Waals surface area contributed by atoms with E-state index in [0.717, 1.165) is 20.8 Å². The molecule has 0 saturated heterocycles. The van der Waals surface area contributed by atoms with Gasteiger partial charge >= 0.3 is 0 Å².